The molecule has 3 heterocycles. The minimum atomic E-state index is -1.22. The molecule has 9 nitrogen and oxygen atoms in total. The third kappa shape index (κ3) is 2.48. The third-order valence-corrected chi connectivity index (χ3v) is 3.56. The standard InChI is InChI=1S/C13H16N4O5/c1-6(19)2-9-14-3-7-12(16-9)17(5-15-7)13-11(21)10(20)8(4-18)22-13/h3,5,8,10-11,13,18,20-21H,2,4H2,1H3/t8-,10-,11-,13-/m1/s1. The summed E-state index contributed by atoms with van der Waals surface area (Å²) < 4.78 is 6.92. The number of carbonyl (C=O) groups is 1. The van der Waals surface area contributed by atoms with E-state index in [1.54, 1.807) is 0 Å². The number of imidazole rings is 1. The predicted octanol–water partition coefficient (Wildman–Crippen LogP) is -1.43. The fourth-order valence-electron chi connectivity index (χ4n) is 2.47. The second-order valence-electron chi connectivity index (χ2n) is 5.25. The van der Waals surface area contributed by atoms with Crippen LogP contribution in [0, 0.1) is 0 Å². The number of ketones is 1. The Kier molecular flexibility index (Phi) is 3.87. The smallest absolute Gasteiger partial charge is 0.165 e. The van der Waals surface area contributed by atoms with Crippen LogP contribution < -0.4 is 0 Å². The Morgan fingerprint density at radius 3 is 2.77 bits per heavy atom. The molecule has 1 aliphatic heterocycles. The van der Waals surface area contributed by atoms with Crippen molar-refractivity contribution < 1.29 is 24.9 Å². The van der Waals surface area contributed by atoms with Crippen LogP contribution in [-0.4, -0.2) is 65.5 Å². The summed E-state index contributed by atoms with van der Waals surface area (Å²) in [5.41, 5.74) is 0.867. The van der Waals surface area contributed by atoms with E-state index in [4.69, 9.17) is 9.84 Å². The van der Waals surface area contributed by atoms with Gasteiger partial charge in [0.15, 0.2) is 11.9 Å². The van der Waals surface area contributed by atoms with Crippen LogP contribution in [0.2, 0.25) is 0 Å². The molecule has 0 amide bonds. The minimum Gasteiger partial charge on any atom is -0.394 e. The molecule has 0 aliphatic carbocycles. The van der Waals surface area contributed by atoms with Gasteiger partial charge in [0.1, 0.15) is 35.4 Å². The van der Waals surface area contributed by atoms with Gasteiger partial charge in [-0.1, -0.05) is 0 Å². The molecule has 0 aromatic carbocycles. The lowest BCUT2D eigenvalue weighted by molar-refractivity contribution is -0.116. The van der Waals surface area contributed by atoms with Crippen LogP contribution in [0.4, 0.5) is 0 Å². The number of hydrogen-bond acceptors (Lipinski definition) is 8. The number of fused-ring (bicyclic) bond motifs is 1. The first-order chi connectivity index (χ1) is 10.5. The predicted molar refractivity (Wildman–Crippen MR) is 72.7 cm³/mol. The van der Waals surface area contributed by atoms with Gasteiger partial charge in [0, 0.05) is 0 Å². The molecule has 1 saturated heterocycles. The van der Waals surface area contributed by atoms with Gasteiger partial charge in [-0.2, -0.15) is 0 Å². The first-order valence-electron chi connectivity index (χ1n) is 6.81. The van der Waals surface area contributed by atoms with Gasteiger partial charge in [-0.15, -0.1) is 0 Å². The van der Waals surface area contributed by atoms with Gasteiger partial charge < -0.3 is 20.1 Å². The van der Waals surface area contributed by atoms with E-state index in [-0.39, 0.29) is 12.2 Å². The molecule has 9 heteroatoms. The van der Waals surface area contributed by atoms with E-state index in [2.05, 4.69) is 15.0 Å². The van der Waals surface area contributed by atoms with Crippen LogP contribution in [0.25, 0.3) is 11.2 Å². The van der Waals surface area contributed by atoms with Crippen molar-refractivity contribution in [2.75, 3.05) is 6.61 Å². The Bertz CT molecular complexity index is 703. The van der Waals surface area contributed by atoms with Crippen LogP contribution in [-0.2, 0) is 16.0 Å². The lowest BCUT2D eigenvalue weighted by atomic mass is 10.1. The van der Waals surface area contributed by atoms with Crippen LogP contribution in [0.3, 0.4) is 0 Å². The van der Waals surface area contributed by atoms with Crippen molar-refractivity contribution in [3.8, 4) is 0 Å². The molecule has 1 aliphatic rings. The van der Waals surface area contributed by atoms with E-state index < -0.39 is 31.1 Å². The van der Waals surface area contributed by atoms with E-state index in [0.29, 0.717) is 17.0 Å². The first kappa shape index (κ1) is 15.0. The van der Waals surface area contributed by atoms with E-state index in [0.717, 1.165) is 0 Å². The second-order valence-corrected chi connectivity index (χ2v) is 5.25. The maximum Gasteiger partial charge on any atom is 0.165 e. The van der Waals surface area contributed by atoms with Gasteiger partial charge in [-0.25, -0.2) is 15.0 Å². The number of ether oxygens (including phenoxy) is 1. The summed E-state index contributed by atoms with van der Waals surface area (Å²) >= 11 is 0. The summed E-state index contributed by atoms with van der Waals surface area (Å²) in [6.45, 7) is 1.03. The highest BCUT2D eigenvalue weighted by molar-refractivity contribution is 5.78. The van der Waals surface area contributed by atoms with E-state index in [9.17, 15) is 15.0 Å². The average molecular weight is 308 g/mol. The summed E-state index contributed by atoms with van der Waals surface area (Å²) in [4.78, 5) is 23.6. The highest BCUT2D eigenvalue weighted by atomic mass is 16.6. The number of rotatable bonds is 4. The number of aromatic nitrogens is 4. The second kappa shape index (κ2) is 5.69. The van der Waals surface area contributed by atoms with Crippen LogP contribution >= 0.6 is 0 Å². The molecule has 0 bridgehead atoms. The molecule has 4 atom stereocenters. The molecule has 3 N–H and O–H groups in total. The molecular weight excluding hydrogens is 292 g/mol. The zero-order valence-corrected chi connectivity index (χ0v) is 11.8. The van der Waals surface area contributed by atoms with Crippen molar-refractivity contribution in [1.29, 1.82) is 0 Å². The van der Waals surface area contributed by atoms with E-state index in [1.165, 1.54) is 24.0 Å². The van der Waals surface area contributed by atoms with Crippen LogP contribution in [0.1, 0.15) is 19.0 Å². The van der Waals surface area contributed by atoms with Crippen molar-refractivity contribution in [3.05, 3.63) is 18.3 Å². The van der Waals surface area contributed by atoms with Gasteiger partial charge in [0.25, 0.3) is 0 Å². The Hall–Kier alpha value is -1.94. The van der Waals surface area contributed by atoms with Crippen molar-refractivity contribution >= 4 is 16.9 Å². The highest BCUT2D eigenvalue weighted by Gasteiger charge is 2.43. The number of aliphatic hydroxyl groups excluding tert-OH is 3. The van der Waals surface area contributed by atoms with Gasteiger partial charge in [-0.05, 0) is 6.92 Å². The summed E-state index contributed by atoms with van der Waals surface area (Å²) in [7, 11) is 0. The number of hydrogen-bond donors (Lipinski definition) is 3. The molecule has 1 fully saturated rings. The number of carbonyl (C=O) groups excluding carboxylic acids is 1. The van der Waals surface area contributed by atoms with Gasteiger partial charge in [-0.3, -0.25) is 9.36 Å². The Morgan fingerprint density at radius 1 is 1.36 bits per heavy atom. The highest BCUT2D eigenvalue weighted by Crippen LogP contribution is 2.31. The fourth-order valence-corrected chi connectivity index (χ4v) is 2.47. The normalized spacial score (nSPS) is 28.4. The maximum absolute atomic E-state index is 11.2. The molecule has 0 radical (unpaired) electrons. The number of aliphatic hydroxyl groups is 3. The monoisotopic (exact) mass is 308 g/mol. The summed E-state index contributed by atoms with van der Waals surface area (Å²) in [5.74, 6) is 0.270. The van der Waals surface area contributed by atoms with E-state index in [1.807, 2.05) is 0 Å². The molecule has 118 valence electrons. The van der Waals surface area contributed by atoms with Gasteiger partial charge in [0.05, 0.1) is 25.6 Å². The van der Waals surface area contributed by atoms with Crippen molar-refractivity contribution in [2.24, 2.45) is 0 Å². The molecule has 0 unspecified atom stereocenters. The average Bonchev–Trinajstić information content (AvgIpc) is 3.01. The van der Waals surface area contributed by atoms with Gasteiger partial charge >= 0.3 is 0 Å². The topological polar surface area (TPSA) is 131 Å². The molecule has 22 heavy (non-hydrogen) atoms. The van der Waals surface area contributed by atoms with Gasteiger partial charge in [0.2, 0.25) is 0 Å². The Morgan fingerprint density at radius 2 is 2.14 bits per heavy atom. The number of nitrogens with zero attached hydrogens (tertiary/aromatic N) is 4. The Labute approximate surface area is 125 Å². The van der Waals surface area contributed by atoms with Crippen molar-refractivity contribution in [2.45, 2.75) is 37.9 Å². The summed E-state index contributed by atoms with van der Waals surface area (Å²) in [6, 6.07) is 0. The maximum atomic E-state index is 11.2. The van der Waals surface area contributed by atoms with E-state index >= 15 is 0 Å². The minimum absolute atomic E-state index is 0.0710. The molecular formula is C13H16N4O5. The molecule has 0 spiro atoms. The van der Waals surface area contributed by atoms with Crippen LogP contribution in [0.5, 0.6) is 0 Å². The summed E-state index contributed by atoms with van der Waals surface area (Å²) in [6.07, 6.45) is -1.23. The largest absolute Gasteiger partial charge is 0.394 e. The summed E-state index contributed by atoms with van der Waals surface area (Å²) in [5, 5.41) is 29.0. The number of Topliss-reactive ketones (excluding diaryl/α,β-unsaturated/α-hetero) is 1. The molecule has 2 aromatic rings. The fraction of sp³-hybridized carbons (Fsp3) is 0.538. The lowest BCUT2D eigenvalue weighted by Gasteiger charge is -2.16. The van der Waals surface area contributed by atoms with Crippen molar-refractivity contribution in [3.63, 3.8) is 0 Å². The molecule has 0 saturated carbocycles. The Balaban J connectivity index is 1.98. The molecule has 3 rings (SSSR count). The zero-order valence-electron chi connectivity index (χ0n) is 11.8. The lowest BCUT2D eigenvalue weighted by Crippen LogP contribution is -2.33. The zero-order chi connectivity index (χ0) is 15.9. The first-order valence-corrected chi connectivity index (χ1v) is 6.81. The third-order valence-electron chi connectivity index (χ3n) is 3.56. The van der Waals surface area contributed by atoms with Crippen LogP contribution in [0.15, 0.2) is 12.5 Å². The van der Waals surface area contributed by atoms with Crippen molar-refractivity contribution in [1.82, 2.24) is 19.5 Å². The SMILES string of the molecule is CC(=O)Cc1ncc2ncn([C@@H]3O[C@H](CO)[C@@H](O)[C@H]3O)c2n1. The molecule has 2 aromatic heterocycles. The quantitative estimate of drug-likeness (QED) is 0.626.